The lowest BCUT2D eigenvalue weighted by Crippen LogP contribution is -2.38. The molecule has 1 aromatic heterocycles. The van der Waals surface area contributed by atoms with E-state index in [1.807, 2.05) is 13.0 Å². The van der Waals surface area contributed by atoms with Gasteiger partial charge in [-0.1, -0.05) is 13.0 Å². The average Bonchev–Trinajstić information content (AvgIpc) is 3.07. The zero-order valence-electron chi connectivity index (χ0n) is 15.6. The number of carbonyl (C=O) groups is 1. The Bertz CT molecular complexity index is 840. The normalized spacial score (nSPS) is 14.4. The molecule has 28 heavy (non-hydrogen) atoms. The minimum absolute atomic E-state index is 0.0629. The summed E-state index contributed by atoms with van der Waals surface area (Å²) in [4.78, 5) is 20.1. The molecule has 0 fully saturated rings. The van der Waals surface area contributed by atoms with E-state index in [9.17, 15) is 18.0 Å². The van der Waals surface area contributed by atoms with Crippen LogP contribution in [-0.4, -0.2) is 22.0 Å². The highest BCUT2D eigenvalue weighted by Gasteiger charge is 2.30. The van der Waals surface area contributed by atoms with Gasteiger partial charge in [0.05, 0.1) is 17.0 Å². The molecule has 1 aliphatic rings. The first-order valence-corrected chi connectivity index (χ1v) is 9.34. The van der Waals surface area contributed by atoms with Gasteiger partial charge in [0.2, 0.25) is 0 Å². The monoisotopic (exact) mass is 392 g/mol. The molecule has 0 aliphatic heterocycles. The number of allylic oxidation sites excluding steroid dienone is 1. The third-order valence-corrected chi connectivity index (χ3v) is 4.72. The number of benzene rings is 1. The maximum absolute atomic E-state index is 12.6. The summed E-state index contributed by atoms with van der Waals surface area (Å²) in [6.07, 6.45) is 3.87. The van der Waals surface area contributed by atoms with Crippen molar-refractivity contribution in [2.24, 2.45) is 0 Å². The lowest BCUT2D eigenvalue weighted by Gasteiger charge is -2.17. The summed E-state index contributed by atoms with van der Waals surface area (Å²) >= 11 is 0. The number of urea groups is 1. The number of nitrogens with zero attached hydrogens (tertiary/aromatic N) is 1. The van der Waals surface area contributed by atoms with E-state index < -0.39 is 17.8 Å². The number of aryl methyl sites for hydroxylation is 2. The van der Waals surface area contributed by atoms with Crippen molar-refractivity contribution in [3.05, 3.63) is 53.1 Å². The lowest BCUT2D eigenvalue weighted by molar-refractivity contribution is -0.137. The highest BCUT2D eigenvalue weighted by molar-refractivity contribution is 5.89. The number of halogens is 3. The zero-order chi connectivity index (χ0) is 20.1. The van der Waals surface area contributed by atoms with Gasteiger partial charge in [0.1, 0.15) is 5.82 Å². The van der Waals surface area contributed by atoms with Gasteiger partial charge in [0, 0.05) is 18.2 Å². The molecule has 150 valence electrons. The lowest BCUT2D eigenvalue weighted by atomic mass is 10.1. The van der Waals surface area contributed by atoms with Crippen molar-refractivity contribution in [3.8, 4) is 0 Å². The fraction of sp³-hybridized carbons (Fsp3) is 0.400. The Hall–Kier alpha value is -2.77. The number of anilines is 1. The molecule has 0 saturated carbocycles. The van der Waals surface area contributed by atoms with Gasteiger partial charge >= 0.3 is 12.2 Å². The van der Waals surface area contributed by atoms with Crippen molar-refractivity contribution in [1.29, 1.82) is 0 Å². The molecule has 1 unspecified atom stereocenters. The van der Waals surface area contributed by atoms with E-state index in [1.165, 1.54) is 12.1 Å². The van der Waals surface area contributed by atoms with E-state index in [4.69, 9.17) is 0 Å². The number of nitrogens with one attached hydrogen (secondary N) is 3. The second-order valence-electron chi connectivity index (χ2n) is 6.80. The summed E-state index contributed by atoms with van der Waals surface area (Å²) in [6, 6.07) is 3.87. The summed E-state index contributed by atoms with van der Waals surface area (Å²) in [5.74, 6) is 0.903. The first-order valence-electron chi connectivity index (χ1n) is 9.34. The van der Waals surface area contributed by atoms with Gasteiger partial charge in [0.15, 0.2) is 0 Å². The van der Waals surface area contributed by atoms with Crippen LogP contribution in [-0.2, 0) is 19.0 Å². The highest BCUT2D eigenvalue weighted by atomic mass is 19.4. The second kappa shape index (κ2) is 8.50. The van der Waals surface area contributed by atoms with E-state index in [2.05, 4.69) is 26.7 Å². The average molecular weight is 392 g/mol. The number of aromatic amines is 1. The van der Waals surface area contributed by atoms with Crippen molar-refractivity contribution in [2.45, 2.75) is 51.2 Å². The number of carbonyl (C=O) groups excluding carboxylic acids is 1. The van der Waals surface area contributed by atoms with Crippen LogP contribution in [0.3, 0.4) is 0 Å². The summed E-state index contributed by atoms with van der Waals surface area (Å²) in [6.45, 7) is 1.97. The van der Waals surface area contributed by atoms with Crippen LogP contribution in [0.15, 0.2) is 30.3 Å². The Morgan fingerprint density at radius 3 is 2.68 bits per heavy atom. The molecular formula is C20H23F3N4O. The summed E-state index contributed by atoms with van der Waals surface area (Å²) in [5.41, 5.74) is 1.70. The molecule has 1 aromatic carbocycles. The molecule has 8 heteroatoms. The van der Waals surface area contributed by atoms with Crippen molar-refractivity contribution < 1.29 is 18.0 Å². The van der Waals surface area contributed by atoms with Crippen molar-refractivity contribution in [1.82, 2.24) is 15.3 Å². The smallest absolute Gasteiger partial charge is 0.342 e. The summed E-state index contributed by atoms with van der Waals surface area (Å²) in [7, 11) is 0. The standard InChI is InChI=1S/C20H23F3N4O/c1-2-14(11-12-18-26-16-5-3-4-6-17(16)27-18)24-19(28)25-15-9-7-13(8-10-15)20(21,22)23/h3,5,7-10,14H,2,4,6,11-12H2,1H3,(H,26,27)(H2,24,25,28). The van der Waals surface area contributed by atoms with Crippen LogP contribution in [0.5, 0.6) is 0 Å². The van der Waals surface area contributed by atoms with Crippen LogP contribution in [0.25, 0.3) is 6.08 Å². The second-order valence-corrected chi connectivity index (χ2v) is 6.80. The van der Waals surface area contributed by atoms with Gasteiger partial charge in [-0.05, 0) is 56.0 Å². The Balaban J connectivity index is 1.50. The van der Waals surface area contributed by atoms with Crippen LogP contribution >= 0.6 is 0 Å². The van der Waals surface area contributed by atoms with Crippen molar-refractivity contribution >= 4 is 17.8 Å². The molecule has 2 aromatic rings. The number of alkyl halides is 3. The maximum atomic E-state index is 12.6. The predicted molar refractivity (Wildman–Crippen MR) is 102 cm³/mol. The molecule has 0 bridgehead atoms. The van der Waals surface area contributed by atoms with Gasteiger partial charge in [-0.2, -0.15) is 13.2 Å². The van der Waals surface area contributed by atoms with Crippen LogP contribution in [0.1, 0.15) is 49.0 Å². The van der Waals surface area contributed by atoms with Gasteiger partial charge in [0.25, 0.3) is 0 Å². The number of rotatable bonds is 6. The Labute approximate surface area is 161 Å². The highest BCUT2D eigenvalue weighted by Crippen LogP contribution is 2.29. The van der Waals surface area contributed by atoms with Crippen LogP contribution in [0, 0.1) is 0 Å². The molecule has 0 radical (unpaired) electrons. The minimum Gasteiger partial charge on any atom is -0.342 e. The molecule has 5 nitrogen and oxygen atoms in total. The number of amides is 2. The van der Waals surface area contributed by atoms with Gasteiger partial charge in [-0.25, -0.2) is 9.78 Å². The number of aromatic nitrogens is 2. The summed E-state index contributed by atoms with van der Waals surface area (Å²) in [5, 5.41) is 5.44. The van der Waals surface area contributed by atoms with Gasteiger partial charge in [-0.15, -0.1) is 0 Å². The van der Waals surface area contributed by atoms with Crippen LogP contribution in [0.4, 0.5) is 23.7 Å². The zero-order valence-corrected chi connectivity index (χ0v) is 15.6. The van der Waals surface area contributed by atoms with Crippen molar-refractivity contribution in [2.75, 3.05) is 5.32 Å². The third kappa shape index (κ3) is 5.15. The van der Waals surface area contributed by atoms with Crippen LogP contribution < -0.4 is 10.6 Å². The number of imidazole rings is 1. The molecule has 2 amide bonds. The quantitative estimate of drug-likeness (QED) is 0.653. The Morgan fingerprint density at radius 1 is 1.29 bits per heavy atom. The predicted octanol–water partition coefficient (Wildman–Crippen LogP) is 4.92. The van der Waals surface area contributed by atoms with Crippen molar-refractivity contribution in [3.63, 3.8) is 0 Å². The fourth-order valence-electron chi connectivity index (χ4n) is 3.13. The Kier molecular flexibility index (Phi) is 6.06. The maximum Gasteiger partial charge on any atom is 0.416 e. The van der Waals surface area contributed by atoms with Gasteiger partial charge in [-0.3, -0.25) is 0 Å². The molecule has 1 heterocycles. The van der Waals surface area contributed by atoms with Crippen LogP contribution in [0.2, 0.25) is 0 Å². The molecule has 0 saturated heterocycles. The number of fused-ring (bicyclic) bond motifs is 1. The molecular weight excluding hydrogens is 369 g/mol. The van der Waals surface area contributed by atoms with E-state index in [0.29, 0.717) is 18.5 Å². The molecule has 1 aliphatic carbocycles. The molecule has 3 rings (SSSR count). The van der Waals surface area contributed by atoms with E-state index in [1.54, 1.807) is 0 Å². The minimum atomic E-state index is -4.39. The topological polar surface area (TPSA) is 69.8 Å². The summed E-state index contributed by atoms with van der Waals surface area (Å²) < 4.78 is 37.8. The molecule has 0 spiro atoms. The third-order valence-electron chi connectivity index (χ3n) is 4.72. The van der Waals surface area contributed by atoms with E-state index in [0.717, 1.165) is 48.6 Å². The van der Waals surface area contributed by atoms with E-state index in [-0.39, 0.29) is 6.04 Å². The number of hydrogen-bond acceptors (Lipinski definition) is 2. The fourth-order valence-corrected chi connectivity index (χ4v) is 3.13. The van der Waals surface area contributed by atoms with Gasteiger partial charge < -0.3 is 15.6 Å². The Morgan fingerprint density at radius 2 is 2.04 bits per heavy atom. The largest absolute Gasteiger partial charge is 0.416 e. The molecule has 1 atom stereocenters. The first kappa shape index (κ1) is 20.0. The SMILES string of the molecule is CCC(CCc1nc2c([nH]1)C=CCC2)NC(=O)Nc1ccc(C(F)(F)F)cc1. The number of H-pyrrole nitrogens is 1. The van der Waals surface area contributed by atoms with E-state index >= 15 is 0 Å². The molecule has 3 N–H and O–H groups in total. The number of hydrogen-bond donors (Lipinski definition) is 3. The first-order chi connectivity index (χ1) is 13.3.